The van der Waals surface area contributed by atoms with Crippen molar-refractivity contribution in [2.45, 2.75) is 24.7 Å². The maximum Gasteiger partial charge on any atom is 0.416 e. The van der Waals surface area contributed by atoms with Gasteiger partial charge in [-0.3, -0.25) is 4.79 Å². The first-order valence-corrected chi connectivity index (χ1v) is 7.47. The minimum Gasteiger partial charge on any atom is -0.479 e. The summed E-state index contributed by atoms with van der Waals surface area (Å²) in [7, 11) is 1.34. The van der Waals surface area contributed by atoms with Crippen LogP contribution in [0.25, 0.3) is 0 Å². The van der Waals surface area contributed by atoms with Crippen LogP contribution in [0.2, 0.25) is 0 Å². The van der Waals surface area contributed by atoms with E-state index in [2.05, 4.69) is 5.16 Å². The molecule has 1 aromatic carbocycles. The zero-order chi connectivity index (χ0) is 18.2. The van der Waals surface area contributed by atoms with Crippen LogP contribution in [0, 0.1) is 0 Å². The summed E-state index contributed by atoms with van der Waals surface area (Å²) in [5.41, 5.74) is -0.895. The average molecular weight is 356 g/mol. The number of aromatic nitrogens is 1. The van der Waals surface area contributed by atoms with Crippen molar-refractivity contribution < 1.29 is 32.3 Å². The molecule has 1 amide bonds. The summed E-state index contributed by atoms with van der Waals surface area (Å²) < 4.78 is 49.6. The summed E-state index contributed by atoms with van der Waals surface area (Å²) in [6, 6.07) is 5.35. The molecule has 1 saturated heterocycles. The fourth-order valence-electron chi connectivity index (χ4n) is 2.98. The van der Waals surface area contributed by atoms with Gasteiger partial charge in [0.1, 0.15) is 0 Å². The predicted octanol–water partition coefficient (Wildman–Crippen LogP) is 2.65. The molecule has 1 fully saturated rings. The maximum absolute atomic E-state index is 13.3. The molecule has 0 aliphatic carbocycles. The van der Waals surface area contributed by atoms with Crippen LogP contribution in [-0.2, 0) is 6.18 Å². The molecule has 1 aliphatic heterocycles. The van der Waals surface area contributed by atoms with Gasteiger partial charge in [0, 0.05) is 6.54 Å². The summed E-state index contributed by atoms with van der Waals surface area (Å²) in [5, 5.41) is 13.4. The zero-order valence-electron chi connectivity index (χ0n) is 13.2. The van der Waals surface area contributed by atoms with Crippen LogP contribution in [0.15, 0.2) is 34.9 Å². The van der Waals surface area contributed by atoms with Crippen molar-refractivity contribution in [2.24, 2.45) is 0 Å². The summed E-state index contributed by atoms with van der Waals surface area (Å²) in [6.07, 6.45) is -5.49. The number of carbonyl (C=O) groups is 1. The Morgan fingerprint density at radius 3 is 2.76 bits per heavy atom. The van der Waals surface area contributed by atoms with Gasteiger partial charge in [-0.05, 0) is 23.2 Å². The molecule has 1 aliphatic rings. The second-order valence-electron chi connectivity index (χ2n) is 5.68. The SMILES string of the molecule is COc1cc(C(=O)N2C[C@@H](O)C[C@H]2c2ccccc2C(F)(F)F)on1. The third kappa shape index (κ3) is 3.32. The summed E-state index contributed by atoms with van der Waals surface area (Å²) >= 11 is 0. The number of amides is 1. The number of β-amino-alcohol motifs (C(OH)–C–C–N with tert-alkyl or cyclic N) is 1. The number of likely N-dealkylation sites (tertiary alicyclic amines) is 1. The molecule has 2 aromatic rings. The molecule has 0 bridgehead atoms. The van der Waals surface area contributed by atoms with Crippen LogP contribution in [0.3, 0.4) is 0 Å². The van der Waals surface area contributed by atoms with Gasteiger partial charge in [-0.25, -0.2) is 0 Å². The van der Waals surface area contributed by atoms with E-state index in [1.54, 1.807) is 0 Å². The number of methoxy groups -OCH3 is 1. The van der Waals surface area contributed by atoms with Crippen molar-refractivity contribution >= 4 is 5.91 Å². The van der Waals surface area contributed by atoms with Gasteiger partial charge in [0.05, 0.1) is 30.9 Å². The van der Waals surface area contributed by atoms with E-state index in [-0.39, 0.29) is 30.2 Å². The number of nitrogens with zero attached hydrogens (tertiary/aromatic N) is 2. The second-order valence-corrected chi connectivity index (χ2v) is 5.68. The molecule has 134 valence electrons. The van der Waals surface area contributed by atoms with Crippen LogP contribution < -0.4 is 4.74 Å². The molecule has 0 saturated carbocycles. The highest BCUT2D eigenvalue weighted by Gasteiger charge is 2.42. The van der Waals surface area contributed by atoms with E-state index in [0.29, 0.717) is 0 Å². The van der Waals surface area contributed by atoms with E-state index in [1.165, 1.54) is 31.4 Å². The van der Waals surface area contributed by atoms with Gasteiger partial charge < -0.3 is 19.3 Å². The minimum absolute atomic E-state index is 0.00407. The van der Waals surface area contributed by atoms with Gasteiger partial charge in [-0.1, -0.05) is 18.2 Å². The Bertz CT molecular complexity index is 775. The fraction of sp³-hybridized carbons (Fsp3) is 0.375. The van der Waals surface area contributed by atoms with Crippen molar-refractivity contribution in [2.75, 3.05) is 13.7 Å². The molecule has 3 rings (SSSR count). The normalized spacial score (nSPS) is 20.8. The van der Waals surface area contributed by atoms with Crippen LogP contribution in [0.4, 0.5) is 13.2 Å². The Balaban J connectivity index is 1.97. The molecule has 25 heavy (non-hydrogen) atoms. The number of ether oxygens (including phenoxy) is 1. The Hall–Kier alpha value is -2.55. The lowest BCUT2D eigenvalue weighted by Gasteiger charge is -2.26. The van der Waals surface area contributed by atoms with E-state index in [0.717, 1.165) is 11.0 Å². The summed E-state index contributed by atoms with van der Waals surface area (Å²) in [6.45, 7) is -0.0985. The Labute approximate surface area is 140 Å². The Morgan fingerprint density at radius 2 is 2.12 bits per heavy atom. The number of rotatable bonds is 3. The first-order chi connectivity index (χ1) is 11.8. The zero-order valence-corrected chi connectivity index (χ0v) is 13.2. The van der Waals surface area contributed by atoms with Crippen LogP contribution in [0.1, 0.15) is 34.1 Å². The Kier molecular flexibility index (Phi) is 4.42. The minimum atomic E-state index is -4.56. The van der Waals surface area contributed by atoms with Crippen LogP contribution >= 0.6 is 0 Å². The Morgan fingerprint density at radius 1 is 1.40 bits per heavy atom. The fourth-order valence-corrected chi connectivity index (χ4v) is 2.98. The molecular formula is C16H15F3N2O4. The highest BCUT2D eigenvalue weighted by molar-refractivity contribution is 5.92. The van der Waals surface area contributed by atoms with E-state index in [4.69, 9.17) is 9.26 Å². The molecule has 6 nitrogen and oxygen atoms in total. The lowest BCUT2D eigenvalue weighted by molar-refractivity contribution is -0.138. The van der Waals surface area contributed by atoms with Crippen molar-refractivity contribution in [1.82, 2.24) is 10.1 Å². The van der Waals surface area contributed by atoms with Crippen LogP contribution in [0.5, 0.6) is 5.88 Å². The lowest BCUT2D eigenvalue weighted by Crippen LogP contribution is -2.32. The van der Waals surface area contributed by atoms with Gasteiger partial charge in [0.15, 0.2) is 0 Å². The largest absolute Gasteiger partial charge is 0.479 e. The third-order valence-electron chi connectivity index (χ3n) is 4.07. The van der Waals surface area contributed by atoms with E-state index in [9.17, 15) is 23.1 Å². The van der Waals surface area contributed by atoms with Crippen molar-refractivity contribution in [1.29, 1.82) is 0 Å². The van der Waals surface area contributed by atoms with Gasteiger partial charge in [0.25, 0.3) is 11.8 Å². The van der Waals surface area contributed by atoms with Gasteiger partial charge >= 0.3 is 6.18 Å². The number of aliphatic hydroxyl groups is 1. The molecule has 0 spiro atoms. The lowest BCUT2D eigenvalue weighted by atomic mass is 9.97. The van der Waals surface area contributed by atoms with Crippen molar-refractivity contribution in [3.63, 3.8) is 0 Å². The number of hydrogen-bond donors (Lipinski definition) is 1. The molecule has 1 N–H and O–H groups in total. The molecule has 1 aromatic heterocycles. The molecule has 2 atom stereocenters. The molecule has 0 radical (unpaired) electrons. The first-order valence-electron chi connectivity index (χ1n) is 7.47. The number of carbonyl (C=O) groups excluding carboxylic acids is 1. The van der Waals surface area contributed by atoms with Crippen molar-refractivity contribution in [3.05, 3.63) is 47.2 Å². The quantitative estimate of drug-likeness (QED) is 0.915. The monoisotopic (exact) mass is 356 g/mol. The molecule has 2 heterocycles. The number of benzene rings is 1. The van der Waals surface area contributed by atoms with E-state index >= 15 is 0 Å². The number of hydrogen-bond acceptors (Lipinski definition) is 5. The highest BCUT2D eigenvalue weighted by Crippen LogP contribution is 2.41. The first kappa shape index (κ1) is 17.3. The summed E-state index contributed by atoms with van der Waals surface area (Å²) in [5.74, 6) is -0.745. The standard InChI is InChI=1S/C16H15F3N2O4/c1-24-14-7-13(25-20-14)15(23)21-8-9(22)6-12(21)10-4-2-3-5-11(10)16(17,18)19/h2-5,7,9,12,22H,6,8H2,1H3/t9-,12-/m0/s1. The molecular weight excluding hydrogens is 341 g/mol. The number of halogens is 3. The van der Waals surface area contributed by atoms with E-state index < -0.39 is 29.8 Å². The predicted molar refractivity (Wildman–Crippen MR) is 78.9 cm³/mol. The van der Waals surface area contributed by atoms with Crippen molar-refractivity contribution in [3.8, 4) is 5.88 Å². The van der Waals surface area contributed by atoms with Gasteiger partial charge in [0.2, 0.25) is 5.76 Å². The number of aliphatic hydroxyl groups excluding tert-OH is 1. The van der Waals surface area contributed by atoms with Crippen LogP contribution in [-0.4, -0.2) is 40.8 Å². The highest BCUT2D eigenvalue weighted by atomic mass is 19.4. The number of alkyl halides is 3. The topological polar surface area (TPSA) is 75.8 Å². The van der Waals surface area contributed by atoms with E-state index in [1.807, 2.05) is 0 Å². The summed E-state index contributed by atoms with van der Waals surface area (Å²) in [4.78, 5) is 13.8. The van der Waals surface area contributed by atoms with Gasteiger partial charge in [-0.15, -0.1) is 0 Å². The van der Waals surface area contributed by atoms with Gasteiger partial charge in [-0.2, -0.15) is 13.2 Å². The molecule has 9 heteroatoms. The maximum atomic E-state index is 13.3. The third-order valence-corrected chi connectivity index (χ3v) is 4.07. The smallest absolute Gasteiger partial charge is 0.416 e. The second kappa shape index (κ2) is 6.40. The molecule has 0 unspecified atom stereocenters. The average Bonchev–Trinajstić information content (AvgIpc) is 3.20.